The third-order valence-electron chi connectivity index (χ3n) is 3.90. The van der Waals surface area contributed by atoms with E-state index in [4.69, 9.17) is 0 Å². The molecule has 1 amide bonds. The van der Waals surface area contributed by atoms with Gasteiger partial charge in [0.05, 0.1) is 12.1 Å². The van der Waals surface area contributed by atoms with Crippen molar-refractivity contribution in [2.24, 2.45) is 0 Å². The number of aliphatic carboxylic acids is 1. The predicted octanol–water partition coefficient (Wildman–Crippen LogP) is 2.21. The number of likely N-dealkylation sites (tertiary alicyclic amines) is 1. The zero-order valence-electron chi connectivity index (χ0n) is 12.5. The van der Waals surface area contributed by atoms with Crippen molar-refractivity contribution < 1.29 is 14.7 Å². The molecule has 1 N–H and O–H groups in total. The van der Waals surface area contributed by atoms with E-state index in [-0.39, 0.29) is 12.3 Å². The summed E-state index contributed by atoms with van der Waals surface area (Å²) in [6.45, 7) is 0.509. The molecule has 0 unspecified atom stereocenters. The van der Waals surface area contributed by atoms with Gasteiger partial charge in [-0.1, -0.05) is 0 Å². The molecule has 1 atom stereocenters. The minimum atomic E-state index is -0.924. The maximum absolute atomic E-state index is 12.4. The van der Waals surface area contributed by atoms with E-state index in [1.807, 2.05) is 17.5 Å². The lowest BCUT2D eigenvalue weighted by Crippen LogP contribution is -2.48. The van der Waals surface area contributed by atoms with Crippen LogP contribution in [0.4, 0.5) is 0 Å². The molecule has 0 spiro atoms. The Labute approximate surface area is 137 Å². The average molecular weight is 331 g/mol. The van der Waals surface area contributed by atoms with E-state index in [1.54, 1.807) is 12.4 Å². The van der Waals surface area contributed by atoms with E-state index in [0.717, 1.165) is 23.4 Å². The molecule has 2 aromatic rings. The molecule has 6 nitrogen and oxygen atoms in total. The van der Waals surface area contributed by atoms with Crippen molar-refractivity contribution in [3.63, 3.8) is 0 Å². The Morgan fingerprint density at radius 3 is 3.00 bits per heavy atom. The van der Waals surface area contributed by atoms with Gasteiger partial charge in [-0.25, -0.2) is 9.78 Å². The topological polar surface area (TPSA) is 83.4 Å². The minimum absolute atomic E-state index is 0.139. The van der Waals surface area contributed by atoms with Crippen LogP contribution in [0.3, 0.4) is 0 Å². The minimum Gasteiger partial charge on any atom is -0.480 e. The zero-order chi connectivity index (χ0) is 16.2. The van der Waals surface area contributed by atoms with E-state index in [9.17, 15) is 14.7 Å². The lowest BCUT2D eigenvalue weighted by atomic mass is 10.0. The largest absolute Gasteiger partial charge is 0.480 e. The van der Waals surface area contributed by atoms with E-state index in [1.165, 1.54) is 16.2 Å². The molecule has 120 valence electrons. The molecule has 1 aliphatic rings. The first-order chi connectivity index (χ1) is 11.1. The van der Waals surface area contributed by atoms with Crippen LogP contribution < -0.4 is 0 Å². The fourth-order valence-corrected chi connectivity index (χ4v) is 3.56. The number of carboxylic acids is 1. The van der Waals surface area contributed by atoms with Crippen LogP contribution in [0, 0.1) is 0 Å². The molecule has 0 aliphatic carbocycles. The van der Waals surface area contributed by atoms with Crippen LogP contribution in [-0.2, 0) is 16.0 Å². The number of aromatic nitrogens is 2. The summed E-state index contributed by atoms with van der Waals surface area (Å²) < 4.78 is 0. The predicted molar refractivity (Wildman–Crippen MR) is 86.0 cm³/mol. The molecular weight excluding hydrogens is 314 g/mol. The Morgan fingerprint density at radius 1 is 1.39 bits per heavy atom. The Hall–Kier alpha value is -2.28. The van der Waals surface area contributed by atoms with Crippen LogP contribution in [-0.4, -0.2) is 44.4 Å². The molecule has 0 bridgehead atoms. The summed E-state index contributed by atoms with van der Waals surface area (Å²) in [6.07, 6.45) is 5.80. The zero-order valence-corrected chi connectivity index (χ0v) is 13.3. The summed E-state index contributed by atoms with van der Waals surface area (Å²) in [5.74, 6) is -1.09. The second-order valence-corrected chi connectivity index (χ2v) is 6.36. The van der Waals surface area contributed by atoms with Gasteiger partial charge in [0.2, 0.25) is 5.91 Å². The van der Waals surface area contributed by atoms with Gasteiger partial charge in [0, 0.05) is 29.9 Å². The lowest BCUT2D eigenvalue weighted by Gasteiger charge is -2.32. The number of carbonyl (C=O) groups excluding carboxylic acids is 1. The van der Waals surface area contributed by atoms with Gasteiger partial charge in [0.25, 0.3) is 0 Å². The summed E-state index contributed by atoms with van der Waals surface area (Å²) in [6, 6.07) is 3.06. The fraction of sp³-hybridized carbons (Fsp3) is 0.375. The highest BCUT2D eigenvalue weighted by atomic mass is 32.1. The third kappa shape index (κ3) is 3.56. The van der Waals surface area contributed by atoms with Crippen molar-refractivity contribution in [3.05, 3.63) is 35.6 Å². The second kappa shape index (κ2) is 6.87. The first-order valence-corrected chi connectivity index (χ1v) is 8.40. The lowest BCUT2D eigenvalue weighted by molar-refractivity contribution is -0.151. The number of carbonyl (C=O) groups is 2. The molecule has 0 aromatic carbocycles. The van der Waals surface area contributed by atoms with Crippen molar-refractivity contribution in [3.8, 4) is 10.6 Å². The third-order valence-corrected chi connectivity index (χ3v) is 4.84. The number of amides is 1. The van der Waals surface area contributed by atoms with E-state index in [0.29, 0.717) is 18.7 Å². The summed E-state index contributed by atoms with van der Waals surface area (Å²) in [7, 11) is 0. The first kappa shape index (κ1) is 15.6. The molecule has 3 rings (SSSR count). The monoisotopic (exact) mass is 331 g/mol. The van der Waals surface area contributed by atoms with Crippen molar-refractivity contribution in [1.29, 1.82) is 0 Å². The van der Waals surface area contributed by atoms with Crippen LogP contribution >= 0.6 is 11.3 Å². The van der Waals surface area contributed by atoms with Gasteiger partial charge in [-0.05, 0) is 31.4 Å². The summed E-state index contributed by atoms with van der Waals surface area (Å²) in [4.78, 5) is 33.7. The van der Waals surface area contributed by atoms with E-state index >= 15 is 0 Å². The van der Waals surface area contributed by atoms with Crippen molar-refractivity contribution in [2.45, 2.75) is 31.7 Å². The van der Waals surface area contributed by atoms with Gasteiger partial charge in [-0.2, -0.15) is 0 Å². The SMILES string of the molecule is O=C(O)[C@H]1CCCCN1C(=O)Cc1csc(-c2cccnc2)n1. The van der Waals surface area contributed by atoms with Crippen LogP contribution in [0.25, 0.3) is 10.6 Å². The van der Waals surface area contributed by atoms with Crippen LogP contribution in [0.15, 0.2) is 29.9 Å². The maximum atomic E-state index is 12.4. The van der Waals surface area contributed by atoms with Crippen molar-refractivity contribution in [2.75, 3.05) is 6.54 Å². The molecule has 2 aromatic heterocycles. The Balaban J connectivity index is 1.70. The highest BCUT2D eigenvalue weighted by molar-refractivity contribution is 7.13. The van der Waals surface area contributed by atoms with Crippen LogP contribution in [0.2, 0.25) is 0 Å². The fourth-order valence-electron chi connectivity index (χ4n) is 2.75. The number of hydrogen-bond acceptors (Lipinski definition) is 5. The molecule has 23 heavy (non-hydrogen) atoms. The first-order valence-electron chi connectivity index (χ1n) is 7.52. The van der Waals surface area contributed by atoms with Gasteiger partial charge in [0.15, 0.2) is 0 Å². The quantitative estimate of drug-likeness (QED) is 0.929. The molecule has 3 heterocycles. The Kier molecular flexibility index (Phi) is 4.66. The number of thiazole rings is 1. The number of hydrogen-bond donors (Lipinski definition) is 1. The Morgan fingerprint density at radius 2 is 2.26 bits per heavy atom. The number of rotatable bonds is 4. The molecule has 1 saturated heterocycles. The molecule has 1 aliphatic heterocycles. The number of carboxylic acid groups (broad SMARTS) is 1. The molecule has 7 heteroatoms. The van der Waals surface area contributed by atoms with Gasteiger partial charge < -0.3 is 10.0 Å². The van der Waals surface area contributed by atoms with E-state index < -0.39 is 12.0 Å². The summed E-state index contributed by atoms with van der Waals surface area (Å²) >= 11 is 1.46. The number of pyridine rings is 1. The molecule has 0 saturated carbocycles. The second-order valence-electron chi connectivity index (χ2n) is 5.50. The maximum Gasteiger partial charge on any atom is 0.326 e. The average Bonchev–Trinajstić information content (AvgIpc) is 3.04. The van der Waals surface area contributed by atoms with Gasteiger partial charge in [-0.3, -0.25) is 9.78 Å². The summed E-state index contributed by atoms with van der Waals surface area (Å²) in [5.41, 5.74) is 1.59. The highest BCUT2D eigenvalue weighted by Crippen LogP contribution is 2.24. The molecule has 1 fully saturated rings. The van der Waals surface area contributed by atoms with Crippen molar-refractivity contribution >= 4 is 23.2 Å². The van der Waals surface area contributed by atoms with Crippen LogP contribution in [0.5, 0.6) is 0 Å². The van der Waals surface area contributed by atoms with Gasteiger partial charge >= 0.3 is 5.97 Å². The van der Waals surface area contributed by atoms with Crippen molar-refractivity contribution in [1.82, 2.24) is 14.9 Å². The highest BCUT2D eigenvalue weighted by Gasteiger charge is 2.31. The smallest absolute Gasteiger partial charge is 0.326 e. The normalized spacial score (nSPS) is 17.9. The van der Waals surface area contributed by atoms with Gasteiger partial charge in [-0.15, -0.1) is 11.3 Å². The molecule has 0 radical (unpaired) electrons. The van der Waals surface area contributed by atoms with Crippen LogP contribution in [0.1, 0.15) is 25.0 Å². The Bertz CT molecular complexity index is 702. The number of nitrogens with zero attached hydrogens (tertiary/aromatic N) is 3. The standard InChI is InChI=1S/C16H17N3O3S/c20-14(19-7-2-1-5-13(19)16(21)22)8-12-10-23-15(18-12)11-4-3-6-17-9-11/h3-4,6,9-10,13H,1-2,5,7-8H2,(H,21,22)/t13-/m1/s1. The molecular formula is C16H17N3O3S. The summed E-state index contributed by atoms with van der Waals surface area (Å²) in [5, 5.41) is 11.9. The van der Waals surface area contributed by atoms with E-state index in [2.05, 4.69) is 9.97 Å². The number of piperidine rings is 1. The van der Waals surface area contributed by atoms with Gasteiger partial charge in [0.1, 0.15) is 11.0 Å².